The lowest BCUT2D eigenvalue weighted by Crippen LogP contribution is -2.07. The summed E-state index contributed by atoms with van der Waals surface area (Å²) >= 11 is 0. The van der Waals surface area contributed by atoms with Gasteiger partial charge in [0.25, 0.3) is 0 Å². The maximum atomic E-state index is 11.9. The predicted octanol–water partition coefficient (Wildman–Crippen LogP) is 5.16. The van der Waals surface area contributed by atoms with Crippen LogP contribution in [-0.2, 0) is 11.3 Å². The standard InChI is InChI=1S/C24H24O4/c1-18(25)23-12-11-21(16-24(23)27-14-13-26-2)20-9-6-10-22(15-20)28-17-19-7-4-3-5-8-19/h3-12,15-16H,13-14,17H2,1-2H3. The Labute approximate surface area is 165 Å². The Balaban J connectivity index is 1.80. The van der Waals surface area contributed by atoms with Gasteiger partial charge in [0.05, 0.1) is 12.2 Å². The minimum absolute atomic E-state index is 0.0288. The van der Waals surface area contributed by atoms with Gasteiger partial charge in [-0.1, -0.05) is 48.5 Å². The van der Waals surface area contributed by atoms with Gasteiger partial charge >= 0.3 is 0 Å². The number of carbonyl (C=O) groups excluding carboxylic acids is 1. The van der Waals surface area contributed by atoms with Crippen molar-refractivity contribution in [3.8, 4) is 22.6 Å². The van der Waals surface area contributed by atoms with E-state index in [1.54, 1.807) is 13.2 Å². The summed E-state index contributed by atoms with van der Waals surface area (Å²) in [6.07, 6.45) is 0. The molecule has 0 atom stereocenters. The van der Waals surface area contributed by atoms with Crippen molar-refractivity contribution in [2.75, 3.05) is 20.3 Å². The summed E-state index contributed by atoms with van der Waals surface area (Å²) in [6.45, 7) is 2.90. The highest BCUT2D eigenvalue weighted by molar-refractivity contribution is 5.97. The lowest BCUT2D eigenvalue weighted by atomic mass is 10.0. The lowest BCUT2D eigenvalue weighted by molar-refractivity contribution is 0.100. The molecule has 0 aliphatic carbocycles. The molecule has 0 saturated carbocycles. The summed E-state index contributed by atoms with van der Waals surface area (Å²) in [5.41, 5.74) is 3.64. The van der Waals surface area contributed by atoms with Gasteiger partial charge in [0.1, 0.15) is 24.7 Å². The third-order valence-electron chi connectivity index (χ3n) is 4.32. The number of rotatable bonds is 9. The van der Waals surface area contributed by atoms with Crippen molar-refractivity contribution in [3.63, 3.8) is 0 Å². The van der Waals surface area contributed by atoms with Gasteiger partial charge in [0, 0.05) is 7.11 Å². The fraction of sp³-hybridized carbons (Fsp3) is 0.208. The average molecular weight is 376 g/mol. The molecular formula is C24H24O4. The Morgan fingerprint density at radius 2 is 1.61 bits per heavy atom. The molecule has 0 fully saturated rings. The molecule has 0 radical (unpaired) electrons. The number of hydrogen-bond acceptors (Lipinski definition) is 4. The van der Waals surface area contributed by atoms with E-state index in [0.29, 0.717) is 31.1 Å². The van der Waals surface area contributed by atoms with Gasteiger partial charge in [-0.2, -0.15) is 0 Å². The molecule has 0 unspecified atom stereocenters. The Morgan fingerprint density at radius 1 is 0.821 bits per heavy atom. The Morgan fingerprint density at radius 3 is 2.36 bits per heavy atom. The van der Waals surface area contributed by atoms with E-state index in [1.807, 2.05) is 66.7 Å². The van der Waals surface area contributed by atoms with Crippen molar-refractivity contribution >= 4 is 5.78 Å². The summed E-state index contributed by atoms with van der Waals surface area (Å²) in [5, 5.41) is 0. The van der Waals surface area contributed by atoms with Gasteiger partial charge in [0.2, 0.25) is 0 Å². The van der Waals surface area contributed by atoms with Crippen molar-refractivity contribution in [3.05, 3.63) is 83.9 Å². The van der Waals surface area contributed by atoms with Gasteiger partial charge in [-0.05, 0) is 47.9 Å². The van der Waals surface area contributed by atoms with Crippen molar-refractivity contribution in [2.45, 2.75) is 13.5 Å². The minimum Gasteiger partial charge on any atom is -0.490 e. The second-order valence-corrected chi connectivity index (χ2v) is 6.41. The fourth-order valence-electron chi connectivity index (χ4n) is 2.85. The maximum Gasteiger partial charge on any atom is 0.163 e. The Kier molecular flexibility index (Phi) is 6.82. The monoisotopic (exact) mass is 376 g/mol. The van der Waals surface area contributed by atoms with E-state index < -0.39 is 0 Å². The second-order valence-electron chi connectivity index (χ2n) is 6.41. The summed E-state index contributed by atoms with van der Waals surface area (Å²) in [5.74, 6) is 1.33. The van der Waals surface area contributed by atoms with E-state index >= 15 is 0 Å². The molecule has 28 heavy (non-hydrogen) atoms. The van der Waals surface area contributed by atoms with E-state index in [9.17, 15) is 4.79 Å². The van der Waals surface area contributed by atoms with Crippen molar-refractivity contribution < 1.29 is 19.0 Å². The van der Waals surface area contributed by atoms with Crippen LogP contribution in [0.25, 0.3) is 11.1 Å². The molecule has 0 saturated heterocycles. The smallest absolute Gasteiger partial charge is 0.163 e. The predicted molar refractivity (Wildman–Crippen MR) is 110 cm³/mol. The first-order chi connectivity index (χ1) is 13.7. The minimum atomic E-state index is -0.0288. The molecule has 4 nitrogen and oxygen atoms in total. The van der Waals surface area contributed by atoms with Crippen LogP contribution in [0.2, 0.25) is 0 Å². The fourth-order valence-corrected chi connectivity index (χ4v) is 2.85. The van der Waals surface area contributed by atoms with Crippen LogP contribution in [0.1, 0.15) is 22.8 Å². The number of hydrogen-bond donors (Lipinski definition) is 0. The third kappa shape index (κ3) is 5.21. The van der Waals surface area contributed by atoms with E-state index in [2.05, 4.69) is 0 Å². The van der Waals surface area contributed by atoms with Crippen LogP contribution in [-0.4, -0.2) is 26.1 Å². The lowest BCUT2D eigenvalue weighted by Gasteiger charge is -2.13. The van der Waals surface area contributed by atoms with Crippen LogP contribution in [0.5, 0.6) is 11.5 Å². The molecule has 144 valence electrons. The average Bonchev–Trinajstić information content (AvgIpc) is 2.73. The second kappa shape index (κ2) is 9.72. The van der Waals surface area contributed by atoms with Crippen LogP contribution in [0.15, 0.2) is 72.8 Å². The molecule has 3 aromatic carbocycles. The molecule has 3 aromatic rings. The first kappa shape index (κ1) is 19.6. The molecular weight excluding hydrogens is 352 g/mol. The highest BCUT2D eigenvalue weighted by atomic mass is 16.5. The summed E-state index contributed by atoms with van der Waals surface area (Å²) < 4.78 is 16.7. The van der Waals surface area contributed by atoms with Crippen LogP contribution in [0, 0.1) is 0 Å². The highest BCUT2D eigenvalue weighted by Crippen LogP contribution is 2.30. The molecule has 0 aliphatic rings. The summed E-state index contributed by atoms with van der Waals surface area (Å²) in [4.78, 5) is 11.9. The number of methoxy groups -OCH3 is 1. The van der Waals surface area contributed by atoms with Crippen molar-refractivity contribution in [2.24, 2.45) is 0 Å². The SMILES string of the molecule is COCCOc1cc(-c2cccc(OCc3ccccc3)c2)ccc1C(C)=O. The molecule has 0 aromatic heterocycles. The zero-order valence-electron chi connectivity index (χ0n) is 16.2. The first-order valence-electron chi connectivity index (χ1n) is 9.21. The van der Waals surface area contributed by atoms with Gasteiger partial charge in [-0.3, -0.25) is 4.79 Å². The Hall–Kier alpha value is -3.11. The van der Waals surface area contributed by atoms with E-state index in [0.717, 1.165) is 22.4 Å². The quantitative estimate of drug-likeness (QED) is 0.382. The van der Waals surface area contributed by atoms with E-state index in [4.69, 9.17) is 14.2 Å². The zero-order chi connectivity index (χ0) is 19.8. The molecule has 0 heterocycles. The maximum absolute atomic E-state index is 11.9. The number of ketones is 1. The summed E-state index contributed by atoms with van der Waals surface area (Å²) in [7, 11) is 1.62. The number of carbonyl (C=O) groups is 1. The zero-order valence-corrected chi connectivity index (χ0v) is 16.2. The van der Waals surface area contributed by atoms with Gasteiger partial charge in [-0.15, -0.1) is 0 Å². The van der Waals surface area contributed by atoms with Crippen LogP contribution in [0.3, 0.4) is 0 Å². The molecule has 0 amide bonds. The van der Waals surface area contributed by atoms with Crippen LogP contribution < -0.4 is 9.47 Å². The number of benzene rings is 3. The van der Waals surface area contributed by atoms with E-state index in [1.165, 1.54) is 6.92 Å². The first-order valence-corrected chi connectivity index (χ1v) is 9.21. The Bertz CT molecular complexity index is 919. The molecule has 3 rings (SSSR count). The highest BCUT2D eigenvalue weighted by Gasteiger charge is 2.11. The largest absolute Gasteiger partial charge is 0.490 e. The van der Waals surface area contributed by atoms with Crippen LogP contribution >= 0.6 is 0 Å². The van der Waals surface area contributed by atoms with E-state index in [-0.39, 0.29) is 5.78 Å². The van der Waals surface area contributed by atoms with Gasteiger partial charge in [0.15, 0.2) is 5.78 Å². The molecule has 0 N–H and O–H groups in total. The molecule has 0 bridgehead atoms. The molecule has 4 heteroatoms. The normalized spacial score (nSPS) is 10.5. The van der Waals surface area contributed by atoms with Crippen LogP contribution in [0.4, 0.5) is 0 Å². The van der Waals surface area contributed by atoms with Gasteiger partial charge < -0.3 is 14.2 Å². The number of Topliss-reactive ketones (excluding diaryl/α,β-unsaturated/α-hetero) is 1. The number of ether oxygens (including phenoxy) is 3. The molecule has 0 aliphatic heterocycles. The van der Waals surface area contributed by atoms with Crippen molar-refractivity contribution in [1.29, 1.82) is 0 Å². The van der Waals surface area contributed by atoms with Crippen molar-refractivity contribution in [1.82, 2.24) is 0 Å². The summed E-state index contributed by atoms with van der Waals surface area (Å²) in [6, 6.07) is 23.6. The topological polar surface area (TPSA) is 44.8 Å². The van der Waals surface area contributed by atoms with Gasteiger partial charge in [-0.25, -0.2) is 0 Å². The molecule has 0 spiro atoms. The third-order valence-corrected chi connectivity index (χ3v) is 4.32.